The van der Waals surface area contributed by atoms with Gasteiger partial charge in [0.1, 0.15) is 24.2 Å². The smallest absolute Gasteiger partial charge is 0.269 e. The van der Waals surface area contributed by atoms with Crippen LogP contribution in [0.2, 0.25) is 0 Å². The Morgan fingerprint density at radius 2 is 1.85 bits per heavy atom. The van der Waals surface area contributed by atoms with Gasteiger partial charge in [-0.15, -0.1) is 10.2 Å². The fourth-order valence-electron chi connectivity index (χ4n) is 3.25. The van der Waals surface area contributed by atoms with Gasteiger partial charge in [-0.25, -0.2) is 4.98 Å². The van der Waals surface area contributed by atoms with Gasteiger partial charge < -0.3 is 19.1 Å². The zero-order chi connectivity index (χ0) is 22.6. The molecule has 0 saturated carbocycles. The maximum atomic E-state index is 10.9. The van der Waals surface area contributed by atoms with Crippen molar-refractivity contribution in [2.75, 3.05) is 44.4 Å². The molecule has 2 aromatic carbocycles. The minimum absolute atomic E-state index is 0.0117. The van der Waals surface area contributed by atoms with E-state index in [-0.39, 0.29) is 11.8 Å². The molecule has 2 saturated heterocycles. The number of thiazole rings is 1. The third-order valence-corrected chi connectivity index (χ3v) is 6.16. The quantitative estimate of drug-likeness (QED) is 0.203. The topological polar surface area (TPSA) is 115 Å². The standard InChI is InChI=1S/C22H21N5O5S/c28-27(29)17-5-3-16(4-6-17)24-25-21-20(23-22(33-21)26-9-11-30-12-10-26)15-1-7-18(8-2-15)31-13-19-14-32-19/h1-8,19H,9-14H2/t19-/m0/s1. The van der Waals surface area contributed by atoms with Crippen LogP contribution in [-0.4, -0.2) is 55.5 Å². The third-order valence-electron chi connectivity index (χ3n) is 5.16. The van der Waals surface area contributed by atoms with Gasteiger partial charge in [0, 0.05) is 30.8 Å². The van der Waals surface area contributed by atoms with E-state index in [1.807, 2.05) is 24.3 Å². The molecule has 0 radical (unpaired) electrons. The minimum Gasteiger partial charge on any atom is -0.491 e. The first-order valence-electron chi connectivity index (χ1n) is 10.5. The second-order valence-electron chi connectivity index (χ2n) is 7.51. The highest BCUT2D eigenvalue weighted by Crippen LogP contribution is 2.41. The number of benzene rings is 2. The molecule has 2 aliphatic heterocycles. The molecule has 2 fully saturated rings. The number of azo groups is 1. The van der Waals surface area contributed by atoms with E-state index >= 15 is 0 Å². The molecule has 11 heteroatoms. The Balaban J connectivity index is 1.41. The number of ether oxygens (including phenoxy) is 3. The number of epoxide rings is 1. The summed E-state index contributed by atoms with van der Waals surface area (Å²) in [5.41, 5.74) is 2.17. The lowest BCUT2D eigenvalue weighted by molar-refractivity contribution is -0.384. The van der Waals surface area contributed by atoms with Crippen molar-refractivity contribution in [1.82, 2.24) is 4.98 Å². The molecule has 10 nitrogen and oxygen atoms in total. The Hall–Kier alpha value is -3.41. The van der Waals surface area contributed by atoms with Crippen LogP contribution in [0.5, 0.6) is 5.75 Å². The first kappa shape index (κ1) is 21.4. The fourth-order valence-corrected chi connectivity index (χ4v) is 4.22. The lowest BCUT2D eigenvalue weighted by Crippen LogP contribution is -2.36. The second-order valence-corrected chi connectivity index (χ2v) is 8.47. The molecule has 1 aromatic heterocycles. The summed E-state index contributed by atoms with van der Waals surface area (Å²) in [4.78, 5) is 17.4. The van der Waals surface area contributed by atoms with Gasteiger partial charge in [-0.3, -0.25) is 10.1 Å². The Morgan fingerprint density at radius 3 is 2.52 bits per heavy atom. The first-order valence-corrected chi connectivity index (χ1v) is 11.3. The molecule has 0 bridgehead atoms. The third kappa shape index (κ3) is 5.33. The van der Waals surface area contributed by atoms with Gasteiger partial charge in [-0.05, 0) is 36.4 Å². The summed E-state index contributed by atoms with van der Waals surface area (Å²) in [5, 5.41) is 21.1. The Bertz CT molecular complexity index is 1140. The number of nitro groups is 1. The number of non-ortho nitro benzene ring substituents is 1. The zero-order valence-corrected chi connectivity index (χ0v) is 18.4. The molecule has 3 heterocycles. The van der Waals surface area contributed by atoms with Crippen LogP contribution < -0.4 is 9.64 Å². The molecule has 1 atom stereocenters. The number of rotatable bonds is 8. The summed E-state index contributed by atoms with van der Waals surface area (Å²) in [6, 6.07) is 13.7. The van der Waals surface area contributed by atoms with Crippen LogP contribution in [0.1, 0.15) is 0 Å². The molecule has 5 rings (SSSR count). The molecule has 3 aromatic rings. The van der Waals surface area contributed by atoms with E-state index in [0.717, 1.165) is 41.8 Å². The molecule has 0 amide bonds. The minimum atomic E-state index is -0.443. The Morgan fingerprint density at radius 1 is 1.12 bits per heavy atom. The highest BCUT2D eigenvalue weighted by atomic mass is 32.1. The lowest BCUT2D eigenvalue weighted by atomic mass is 10.1. The van der Waals surface area contributed by atoms with Crippen LogP contribution in [0.3, 0.4) is 0 Å². The largest absolute Gasteiger partial charge is 0.491 e. The first-order chi connectivity index (χ1) is 16.2. The van der Waals surface area contributed by atoms with Gasteiger partial charge in [0.2, 0.25) is 0 Å². The predicted octanol–water partition coefficient (Wildman–Crippen LogP) is 4.75. The second kappa shape index (κ2) is 9.61. The number of anilines is 1. The molecule has 33 heavy (non-hydrogen) atoms. The molecule has 0 unspecified atom stereocenters. The molecule has 0 N–H and O–H groups in total. The van der Waals surface area contributed by atoms with Gasteiger partial charge in [0.05, 0.1) is 30.4 Å². The monoisotopic (exact) mass is 467 g/mol. The summed E-state index contributed by atoms with van der Waals surface area (Å²) >= 11 is 1.46. The van der Waals surface area contributed by atoms with Crippen LogP contribution >= 0.6 is 11.3 Å². The van der Waals surface area contributed by atoms with Crippen LogP contribution in [-0.2, 0) is 9.47 Å². The summed E-state index contributed by atoms with van der Waals surface area (Å²) in [6.45, 7) is 4.15. The van der Waals surface area contributed by atoms with Gasteiger partial charge in [-0.1, -0.05) is 11.3 Å². The number of aromatic nitrogens is 1. The number of hydrogen-bond acceptors (Lipinski definition) is 10. The van der Waals surface area contributed by atoms with Gasteiger partial charge >= 0.3 is 0 Å². The van der Waals surface area contributed by atoms with Gasteiger partial charge in [-0.2, -0.15) is 0 Å². The van der Waals surface area contributed by atoms with Crippen molar-refractivity contribution in [3.05, 3.63) is 58.6 Å². The van der Waals surface area contributed by atoms with Crippen LogP contribution in [0.4, 0.5) is 21.5 Å². The lowest BCUT2D eigenvalue weighted by Gasteiger charge is -2.25. The molecular formula is C22H21N5O5S. The van der Waals surface area contributed by atoms with Crippen molar-refractivity contribution >= 4 is 32.8 Å². The van der Waals surface area contributed by atoms with Crippen molar-refractivity contribution in [3.8, 4) is 17.0 Å². The van der Waals surface area contributed by atoms with Crippen molar-refractivity contribution in [3.63, 3.8) is 0 Å². The molecular weight excluding hydrogens is 446 g/mol. The normalized spacial score (nSPS) is 17.9. The SMILES string of the molecule is O=[N+]([O-])c1ccc(N=Nc2sc(N3CCOCC3)nc2-c2ccc(OC[C@H]3CO3)cc2)cc1. The summed E-state index contributed by atoms with van der Waals surface area (Å²) in [6.07, 6.45) is 0.200. The van der Waals surface area contributed by atoms with E-state index in [0.29, 0.717) is 30.5 Å². The van der Waals surface area contributed by atoms with Gasteiger partial charge in [0.15, 0.2) is 10.1 Å². The number of nitrogens with zero attached hydrogens (tertiary/aromatic N) is 5. The highest BCUT2D eigenvalue weighted by Gasteiger charge is 2.23. The van der Waals surface area contributed by atoms with Crippen molar-refractivity contribution in [1.29, 1.82) is 0 Å². The van der Waals surface area contributed by atoms with Crippen molar-refractivity contribution < 1.29 is 19.1 Å². The van der Waals surface area contributed by atoms with E-state index in [9.17, 15) is 10.1 Å². The average Bonchev–Trinajstić information content (AvgIpc) is 3.59. The van der Waals surface area contributed by atoms with Crippen LogP contribution in [0.15, 0.2) is 58.8 Å². The predicted molar refractivity (Wildman–Crippen MR) is 123 cm³/mol. The molecule has 170 valence electrons. The molecule has 0 aliphatic carbocycles. The highest BCUT2D eigenvalue weighted by molar-refractivity contribution is 7.19. The van der Waals surface area contributed by atoms with E-state index in [4.69, 9.17) is 19.2 Å². The maximum Gasteiger partial charge on any atom is 0.269 e. The summed E-state index contributed by atoms with van der Waals surface area (Å²) in [5.74, 6) is 0.770. The van der Waals surface area contributed by atoms with Gasteiger partial charge in [0.25, 0.3) is 5.69 Å². The Kier molecular flexibility index (Phi) is 6.24. The number of nitro benzene ring substituents is 1. The fraction of sp³-hybridized carbons (Fsp3) is 0.318. The average molecular weight is 468 g/mol. The number of hydrogen-bond donors (Lipinski definition) is 0. The van der Waals surface area contributed by atoms with E-state index in [2.05, 4.69) is 15.1 Å². The van der Waals surface area contributed by atoms with Crippen LogP contribution in [0, 0.1) is 10.1 Å². The van der Waals surface area contributed by atoms with Crippen molar-refractivity contribution in [2.45, 2.75) is 6.10 Å². The molecule has 2 aliphatic rings. The van der Waals surface area contributed by atoms with Crippen molar-refractivity contribution in [2.24, 2.45) is 10.2 Å². The molecule has 0 spiro atoms. The maximum absolute atomic E-state index is 10.9. The summed E-state index contributed by atoms with van der Waals surface area (Å²) in [7, 11) is 0. The van der Waals surface area contributed by atoms with Crippen LogP contribution in [0.25, 0.3) is 11.3 Å². The van der Waals surface area contributed by atoms with E-state index in [1.165, 1.54) is 23.5 Å². The summed E-state index contributed by atoms with van der Waals surface area (Å²) < 4.78 is 16.4. The Labute approximate surface area is 193 Å². The van der Waals surface area contributed by atoms with E-state index < -0.39 is 4.92 Å². The number of morpholine rings is 1. The zero-order valence-electron chi connectivity index (χ0n) is 17.6. The van der Waals surface area contributed by atoms with E-state index in [1.54, 1.807) is 12.1 Å².